The largest absolute Gasteiger partial charge is 0.545 e. The van der Waals surface area contributed by atoms with Crippen LogP contribution >= 0.6 is 11.3 Å². The highest BCUT2D eigenvalue weighted by atomic mass is 32.2. The maximum atomic E-state index is 12.0. The summed E-state index contributed by atoms with van der Waals surface area (Å²) in [7, 11) is -3.60. The number of aliphatic carboxylic acids is 1. The van der Waals surface area contributed by atoms with Crippen LogP contribution in [-0.2, 0) is 14.8 Å². The third-order valence-electron chi connectivity index (χ3n) is 2.31. The smallest absolute Gasteiger partial charge is 0.271 e. The predicted molar refractivity (Wildman–Crippen MR) is 75.6 cm³/mol. The SMILES string of the molecule is O=C([O-])/C=C/c1cccc(NS(=O)(=O)c2cccs2)c1. The second-order valence-electron chi connectivity index (χ2n) is 3.82. The Labute approximate surface area is 120 Å². The lowest BCUT2D eigenvalue weighted by Gasteiger charge is -2.06. The molecular formula is C13H10NO4S2-. The monoisotopic (exact) mass is 308 g/mol. The Morgan fingerprint density at radius 2 is 2.05 bits per heavy atom. The molecule has 2 aromatic rings. The first kappa shape index (κ1) is 14.3. The van der Waals surface area contributed by atoms with Crippen molar-refractivity contribution in [1.82, 2.24) is 0 Å². The van der Waals surface area contributed by atoms with E-state index in [-0.39, 0.29) is 4.21 Å². The van der Waals surface area contributed by atoms with E-state index in [4.69, 9.17) is 0 Å². The third-order valence-corrected chi connectivity index (χ3v) is 5.09. The van der Waals surface area contributed by atoms with Gasteiger partial charge in [-0.1, -0.05) is 24.3 Å². The van der Waals surface area contributed by atoms with Crippen molar-refractivity contribution in [3.63, 3.8) is 0 Å². The standard InChI is InChI=1S/C13H11NO4S2/c15-12(16)7-6-10-3-1-4-11(9-10)14-20(17,18)13-5-2-8-19-13/h1-9,14H,(H,15,16)/p-1/b7-6+. The molecule has 0 aliphatic rings. The molecule has 0 amide bonds. The Bertz CT molecular complexity index is 733. The third kappa shape index (κ3) is 3.69. The lowest BCUT2D eigenvalue weighted by atomic mass is 10.2. The minimum absolute atomic E-state index is 0.216. The van der Waals surface area contributed by atoms with Gasteiger partial charge in [0.2, 0.25) is 0 Å². The Morgan fingerprint density at radius 1 is 1.25 bits per heavy atom. The summed E-state index contributed by atoms with van der Waals surface area (Å²) < 4.78 is 26.7. The molecule has 2 rings (SSSR count). The number of hydrogen-bond donors (Lipinski definition) is 1. The molecule has 1 heterocycles. The van der Waals surface area contributed by atoms with Crippen LogP contribution in [0.2, 0.25) is 0 Å². The van der Waals surface area contributed by atoms with E-state index in [9.17, 15) is 18.3 Å². The second kappa shape index (κ2) is 5.89. The van der Waals surface area contributed by atoms with E-state index in [0.29, 0.717) is 11.3 Å². The van der Waals surface area contributed by atoms with Crippen LogP contribution in [0.5, 0.6) is 0 Å². The van der Waals surface area contributed by atoms with E-state index in [0.717, 1.165) is 17.4 Å². The number of benzene rings is 1. The van der Waals surface area contributed by atoms with Crippen LogP contribution in [0.15, 0.2) is 52.1 Å². The molecule has 20 heavy (non-hydrogen) atoms. The molecule has 0 aliphatic heterocycles. The van der Waals surface area contributed by atoms with Gasteiger partial charge in [0.15, 0.2) is 0 Å². The fraction of sp³-hybridized carbons (Fsp3) is 0. The summed E-state index contributed by atoms with van der Waals surface area (Å²) in [6.45, 7) is 0. The van der Waals surface area contributed by atoms with Crippen molar-refractivity contribution in [3.05, 3.63) is 53.4 Å². The van der Waals surface area contributed by atoms with Crippen LogP contribution in [0.3, 0.4) is 0 Å². The number of carbonyl (C=O) groups excluding carboxylic acids is 1. The van der Waals surface area contributed by atoms with Gasteiger partial charge in [0.1, 0.15) is 4.21 Å². The highest BCUT2D eigenvalue weighted by Gasteiger charge is 2.14. The number of carbonyl (C=O) groups is 1. The molecule has 104 valence electrons. The maximum absolute atomic E-state index is 12.0. The summed E-state index contributed by atoms with van der Waals surface area (Å²) in [4.78, 5) is 10.3. The van der Waals surface area contributed by atoms with Crippen LogP contribution in [-0.4, -0.2) is 14.4 Å². The van der Waals surface area contributed by atoms with Crippen molar-refractivity contribution in [1.29, 1.82) is 0 Å². The van der Waals surface area contributed by atoms with Crippen molar-refractivity contribution in [3.8, 4) is 0 Å². The molecule has 1 aromatic heterocycles. The number of anilines is 1. The summed E-state index contributed by atoms with van der Waals surface area (Å²) in [5, 5.41) is 12.0. The van der Waals surface area contributed by atoms with E-state index in [1.807, 2.05) is 0 Å². The van der Waals surface area contributed by atoms with Gasteiger partial charge < -0.3 is 9.90 Å². The zero-order chi connectivity index (χ0) is 14.6. The first-order valence-corrected chi connectivity index (χ1v) is 7.89. The van der Waals surface area contributed by atoms with Crippen LogP contribution in [0.1, 0.15) is 5.56 Å². The van der Waals surface area contributed by atoms with Gasteiger partial charge in [-0.2, -0.15) is 0 Å². The minimum atomic E-state index is -3.60. The maximum Gasteiger partial charge on any atom is 0.271 e. The molecule has 0 radical (unpaired) electrons. The average Bonchev–Trinajstić information content (AvgIpc) is 2.91. The number of carboxylic acid groups (broad SMARTS) is 1. The van der Waals surface area contributed by atoms with Crippen LogP contribution in [0.25, 0.3) is 6.08 Å². The number of rotatable bonds is 5. The second-order valence-corrected chi connectivity index (χ2v) is 6.67. The Kier molecular flexibility index (Phi) is 4.21. The fourth-order valence-corrected chi connectivity index (χ4v) is 3.53. The highest BCUT2D eigenvalue weighted by Crippen LogP contribution is 2.21. The van der Waals surface area contributed by atoms with Crippen LogP contribution in [0, 0.1) is 0 Å². The van der Waals surface area contributed by atoms with Gasteiger partial charge in [-0.15, -0.1) is 11.3 Å². The quantitative estimate of drug-likeness (QED) is 0.844. The van der Waals surface area contributed by atoms with Gasteiger partial charge in [0.05, 0.1) is 5.97 Å². The molecule has 0 spiro atoms. The molecule has 0 bridgehead atoms. The van der Waals surface area contributed by atoms with Crippen LogP contribution in [0.4, 0.5) is 5.69 Å². The van der Waals surface area contributed by atoms with E-state index in [2.05, 4.69) is 4.72 Å². The average molecular weight is 308 g/mol. The topological polar surface area (TPSA) is 86.3 Å². The first-order valence-electron chi connectivity index (χ1n) is 5.53. The molecular weight excluding hydrogens is 298 g/mol. The van der Waals surface area contributed by atoms with E-state index in [1.165, 1.54) is 18.2 Å². The van der Waals surface area contributed by atoms with E-state index in [1.54, 1.807) is 29.6 Å². The summed E-state index contributed by atoms with van der Waals surface area (Å²) in [5.41, 5.74) is 0.916. The van der Waals surface area contributed by atoms with Crippen molar-refractivity contribution in [2.24, 2.45) is 0 Å². The molecule has 7 heteroatoms. The Morgan fingerprint density at radius 3 is 2.70 bits per heavy atom. The van der Waals surface area contributed by atoms with Crippen molar-refractivity contribution < 1.29 is 18.3 Å². The van der Waals surface area contributed by atoms with Crippen molar-refractivity contribution in [2.45, 2.75) is 4.21 Å². The number of thiophene rings is 1. The fourth-order valence-electron chi connectivity index (χ4n) is 1.49. The lowest BCUT2D eigenvalue weighted by molar-refractivity contribution is -0.297. The summed E-state index contributed by atoms with van der Waals surface area (Å²) in [6, 6.07) is 9.56. The van der Waals surface area contributed by atoms with Gasteiger partial charge in [0.25, 0.3) is 10.0 Å². The molecule has 1 N–H and O–H groups in total. The first-order chi connectivity index (χ1) is 9.47. The Balaban J connectivity index is 2.22. The molecule has 0 saturated heterocycles. The lowest BCUT2D eigenvalue weighted by Crippen LogP contribution is -2.18. The highest BCUT2D eigenvalue weighted by molar-refractivity contribution is 7.94. The van der Waals surface area contributed by atoms with Crippen molar-refractivity contribution in [2.75, 3.05) is 4.72 Å². The zero-order valence-corrected chi connectivity index (χ0v) is 11.8. The molecule has 0 atom stereocenters. The predicted octanol–water partition coefficient (Wildman–Crippen LogP) is 1.31. The van der Waals surface area contributed by atoms with E-state index >= 15 is 0 Å². The number of hydrogen-bond acceptors (Lipinski definition) is 5. The summed E-state index contributed by atoms with van der Waals surface area (Å²) >= 11 is 1.12. The van der Waals surface area contributed by atoms with Crippen molar-refractivity contribution >= 4 is 39.1 Å². The number of nitrogens with one attached hydrogen (secondary N) is 1. The number of carboxylic acids is 1. The molecule has 1 aromatic carbocycles. The normalized spacial score (nSPS) is 11.6. The summed E-state index contributed by atoms with van der Waals surface area (Å²) in [6.07, 6.45) is 2.21. The van der Waals surface area contributed by atoms with Gasteiger partial charge in [0, 0.05) is 5.69 Å². The molecule has 0 saturated carbocycles. The minimum Gasteiger partial charge on any atom is -0.545 e. The van der Waals surface area contributed by atoms with Gasteiger partial charge >= 0.3 is 0 Å². The zero-order valence-electron chi connectivity index (χ0n) is 10.1. The summed E-state index contributed by atoms with van der Waals surface area (Å²) in [5.74, 6) is -1.31. The van der Waals surface area contributed by atoms with Crippen LogP contribution < -0.4 is 9.83 Å². The van der Waals surface area contributed by atoms with Gasteiger partial charge in [-0.05, 0) is 35.2 Å². The van der Waals surface area contributed by atoms with Gasteiger partial charge in [-0.3, -0.25) is 4.72 Å². The molecule has 0 fully saturated rings. The van der Waals surface area contributed by atoms with Gasteiger partial charge in [-0.25, -0.2) is 8.42 Å². The molecule has 0 aliphatic carbocycles. The molecule has 5 nitrogen and oxygen atoms in total. The number of sulfonamides is 1. The molecule has 0 unspecified atom stereocenters. The van der Waals surface area contributed by atoms with E-state index < -0.39 is 16.0 Å². The Hall–Kier alpha value is -2.12.